The van der Waals surface area contributed by atoms with Crippen molar-refractivity contribution in [3.63, 3.8) is 0 Å². The second-order valence-electron chi connectivity index (χ2n) is 7.43. The van der Waals surface area contributed by atoms with Crippen molar-refractivity contribution < 1.29 is 14.3 Å². The van der Waals surface area contributed by atoms with E-state index in [9.17, 15) is 9.59 Å². The Balaban J connectivity index is 1.78. The molecule has 134 valence electrons. The molecule has 1 unspecified atom stereocenters. The molecule has 0 spiro atoms. The fourth-order valence-electron chi connectivity index (χ4n) is 2.93. The molecule has 2 N–H and O–H groups in total. The highest BCUT2D eigenvalue weighted by atomic mass is 16.6. The Morgan fingerprint density at radius 2 is 2.08 bits per heavy atom. The third-order valence-electron chi connectivity index (χ3n) is 4.07. The van der Waals surface area contributed by atoms with Crippen LogP contribution in [0, 0.1) is 11.8 Å². The van der Waals surface area contributed by atoms with Crippen LogP contribution in [-0.4, -0.2) is 36.2 Å². The summed E-state index contributed by atoms with van der Waals surface area (Å²) in [5, 5.41) is 0. The predicted molar refractivity (Wildman–Crippen MR) is 93.0 cm³/mol. The van der Waals surface area contributed by atoms with Gasteiger partial charge in [0.05, 0.1) is 0 Å². The lowest BCUT2D eigenvalue weighted by atomic mass is 9.81. The normalized spacial score (nSPS) is 24.5. The number of aliphatic imine (C=N–C) groups is 2. The van der Waals surface area contributed by atoms with Crippen molar-refractivity contribution in [2.75, 3.05) is 6.54 Å². The number of nitrogens with zero attached hydrogens (tertiary/aromatic N) is 2. The van der Waals surface area contributed by atoms with Crippen molar-refractivity contribution in [2.24, 2.45) is 21.8 Å². The quantitative estimate of drug-likeness (QED) is 0.599. The molecular formula is C17H28N4O3. The molecule has 7 nitrogen and oxygen atoms in total. The van der Waals surface area contributed by atoms with Gasteiger partial charge in [-0.1, -0.05) is 6.42 Å². The summed E-state index contributed by atoms with van der Waals surface area (Å²) in [5.74, 6) is 0.899. The fraction of sp³-hybridized carbons (Fsp3) is 0.765. The maximum absolute atomic E-state index is 12.3. The average Bonchev–Trinajstić information content (AvgIpc) is 3.02. The van der Waals surface area contributed by atoms with Gasteiger partial charge in [0.25, 0.3) is 0 Å². The highest BCUT2D eigenvalue weighted by Gasteiger charge is 2.27. The summed E-state index contributed by atoms with van der Waals surface area (Å²) in [6.07, 6.45) is 6.43. The second-order valence-corrected chi connectivity index (χ2v) is 7.43. The van der Waals surface area contributed by atoms with Crippen LogP contribution < -0.4 is 10.9 Å². The SMILES string of the molecule is CC(C)(C)OC(=O)/N=C/C1CCC[C@H](C(=O)NNC2=NCCC2)C1. The average molecular weight is 336 g/mol. The molecule has 0 bridgehead atoms. The van der Waals surface area contributed by atoms with Gasteiger partial charge in [-0.3, -0.25) is 20.6 Å². The van der Waals surface area contributed by atoms with Gasteiger partial charge in [-0.25, -0.2) is 4.79 Å². The minimum atomic E-state index is -0.574. The zero-order valence-corrected chi connectivity index (χ0v) is 14.8. The molecule has 0 aromatic rings. The number of nitrogens with one attached hydrogen (secondary N) is 2. The van der Waals surface area contributed by atoms with E-state index in [0.29, 0.717) is 6.42 Å². The molecule has 24 heavy (non-hydrogen) atoms. The Bertz CT molecular complexity index is 522. The number of hydrogen-bond donors (Lipinski definition) is 2. The number of hydrazine groups is 1. The van der Waals surface area contributed by atoms with Crippen LogP contribution in [0.2, 0.25) is 0 Å². The third-order valence-corrected chi connectivity index (χ3v) is 4.07. The first-order valence-electron chi connectivity index (χ1n) is 8.70. The van der Waals surface area contributed by atoms with E-state index < -0.39 is 11.7 Å². The van der Waals surface area contributed by atoms with Crippen LogP contribution in [0.25, 0.3) is 0 Å². The van der Waals surface area contributed by atoms with Crippen LogP contribution in [0.1, 0.15) is 59.3 Å². The number of rotatable bonds is 2. The van der Waals surface area contributed by atoms with E-state index in [2.05, 4.69) is 20.8 Å². The first kappa shape index (κ1) is 18.4. The third kappa shape index (κ3) is 6.29. The summed E-state index contributed by atoms with van der Waals surface area (Å²) in [5.41, 5.74) is 5.12. The number of carbonyl (C=O) groups is 2. The van der Waals surface area contributed by atoms with Crippen molar-refractivity contribution in [3.05, 3.63) is 0 Å². The predicted octanol–water partition coefficient (Wildman–Crippen LogP) is 2.61. The Morgan fingerprint density at radius 1 is 1.29 bits per heavy atom. The lowest BCUT2D eigenvalue weighted by Crippen LogP contribution is -2.45. The molecule has 1 heterocycles. The Kier molecular flexibility index (Phi) is 6.34. The summed E-state index contributed by atoms with van der Waals surface area (Å²) in [4.78, 5) is 32.1. The summed E-state index contributed by atoms with van der Waals surface area (Å²) in [6, 6.07) is 0. The Labute approximate surface area is 143 Å². The van der Waals surface area contributed by atoms with Crippen LogP contribution >= 0.6 is 0 Å². The van der Waals surface area contributed by atoms with Crippen LogP contribution in [0.5, 0.6) is 0 Å². The zero-order chi connectivity index (χ0) is 17.6. The maximum atomic E-state index is 12.3. The van der Waals surface area contributed by atoms with Crippen molar-refractivity contribution in [1.82, 2.24) is 10.9 Å². The number of amides is 2. The standard InChI is InChI=1S/C17H28N4O3/c1-17(2,3)24-16(23)19-11-12-6-4-7-13(10-12)15(22)21-20-14-8-5-9-18-14/h11-13H,4-10H2,1-3H3,(H,18,20)(H,21,22)/b19-11+/t12?,13-/m0/s1. The number of carbonyl (C=O) groups excluding carboxylic acids is 2. The topological polar surface area (TPSA) is 92.1 Å². The molecule has 2 atom stereocenters. The molecule has 2 aliphatic rings. The largest absolute Gasteiger partial charge is 0.442 e. The smallest absolute Gasteiger partial charge is 0.433 e. The molecule has 2 rings (SSSR count). The molecule has 2 amide bonds. The molecule has 1 aliphatic heterocycles. The van der Waals surface area contributed by atoms with E-state index >= 15 is 0 Å². The molecule has 1 fully saturated rings. The minimum Gasteiger partial charge on any atom is -0.442 e. The van der Waals surface area contributed by atoms with E-state index in [1.807, 2.05) is 20.8 Å². The summed E-state index contributed by atoms with van der Waals surface area (Å²) in [7, 11) is 0. The van der Waals surface area contributed by atoms with Gasteiger partial charge < -0.3 is 4.74 Å². The highest BCUT2D eigenvalue weighted by molar-refractivity contribution is 5.87. The highest BCUT2D eigenvalue weighted by Crippen LogP contribution is 2.28. The molecule has 7 heteroatoms. The van der Waals surface area contributed by atoms with Crippen LogP contribution in [0.4, 0.5) is 4.79 Å². The van der Waals surface area contributed by atoms with Gasteiger partial charge in [0.2, 0.25) is 5.91 Å². The van der Waals surface area contributed by atoms with Crippen LogP contribution in [0.3, 0.4) is 0 Å². The number of hydrogen-bond acceptors (Lipinski definition) is 5. The van der Waals surface area contributed by atoms with E-state index in [-0.39, 0.29) is 17.7 Å². The summed E-state index contributed by atoms with van der Waals surface area (Å²) >= 11 is 0. The number of amidine groups is 1. The van der Waals surface area contributed by atoms with Gasteiger partial charge in [-0.2, -0.15) is 4.99 Å². The fourth-order valence-corrected chi connectivity index (χ4v) is 2.93. The van der Waals surface area contributed by atoms with E-state index in [1.54, 1.807) is 6.21 Å². The van der Waals surface area contributed by atoms with Crippen molar-refractivity contribution in [1.29, 1.82) is 0 Å². The second kappa shape index (κ2) is 8.26. The van der Waals surface area contributed by atoms with E-state index in [1.165, 1.54) is 0 Å². The summed E-state index contributed by atoms with van der Waals surface area (Å²) in [6.45, 7) is 6.25. The molecule has 0 radical (unpaired) electrons. The Hall–Kier alpha value is -1.92. The molecule has 0 saturated heterocycles. The first-order chi connectivity index (χ1) is 11.3. The maximum Gasteiger partial charge on any atom is 0.433 e. The Morgan fingerprint density at radius 3 is 2.75 bits per heavy atom. The lowest BCUT2D eigenvalue weighted by Gasteiger charge is -2.26. The van der Waals surface area contributed by atoms with Gasteiger partial charge in [0.1, 0.15) is 11.4 Å². The summed E-state index contributed by atoms with van der Waals surface area (Å²) < 4.78 is 5.16. The molecular weight excluding hydrogens is 308 g/mol. The van der Waals surface area contributed by atoms with Gasteiger partial charge >= 0.3 is 6.09 Å². The number of ether oxygens (including phenoxy) is 1. The van der Waals surface area contributed by atoms with Crippen LogP contribution in [-0.2, 0) is 9.53 Å². The van der Waals surface area contributed by atoms with Gasteiger partial charge in [-0.05, 0) is 52.4 Å². The van der Waals surface area contributed by atoms with Gasteiger partial charge in [0, 0.05) is 25.1 Å². The molecule has 1 saturated carbocycles. The van der Waals surface area contributed by atoms with Crippen molar-refractivity contribution in [3.8, 4) is 0 Å². The molecule has 0 aromatic carbocycles. The van der Waals surface area contributed by atoms with Crippen molar-refractivity contribution in [2.45, 2.75) is 64.9 Å². The monoisotopic (exact) mass is 336 g/mol. The van der Waals surface area contributed by atoms with E-state index in [4.69, 9.17) is 4.74 Å². The van der Waals surface area contributed by atoms with Crippen LogP contribution in [0.15, 0.2) is 9.98 Å². The van der Waals surface area contributed by atoms with Crippen molar-refractivity contribution >= 4 is 24.1 Å². The minimum absolute atomic E-state index is 0.0139. The molecule has 1 aliphatic carbocycles. The zero-order valence-electron chi connectivity index (χ0n) is 14.8. The molecule has 0 aromatic heterocycles. The van der Waals surface area contributed by atoms with Gasteiger partial charge in [0.15, 0.2) is 0 Å². The lowest BCUT2D eigenvalue weighted by molar-refractivity contribution is -0.126. The van der Waals surface area contributed by atoms with Gasteiger partial charge in [-0.15, -0.1) is 0 Å². The first-order valence-corrected chi connectivity index (χ1v) is 8.70. The van der Waals surface area contributed by atoms with E-state index in [0.717, 1.165) is 44.5 Å².